The van der Waals surface area contributed by atoms with Crippen LogP contribution in [0.25, 0.3) is 10.9 Å². The maximum absolute atomic E-state index is 6.03. The van der Waals surface area contributed by atoms with Crippen molar-refractivity contribution in [2.75, 3.05) is 31.6 Å². The van der Waals surface area contributed by atoms with Crippen molar-refractivity contribution in [1.29, 1.82) is 0 Å². The van der Waals surface area contributed by atoms with E-state index < -0.39 is 0 Å². The molecule has 2 N–H and O–H groups in total. The van der Waals surface area contributed by atoms with Crippen molar-refractivity contribution in [2.45, 2.75) is 0 Å². The molecule has 0 amide bonds. The average molecular weight is 440 g/mol. The highest BCUT2D eigenvalue weighted by Crippen LogP contribution is 2.24. The van der Waals surface area contributed by atoms with Gasteiger partial charge in [-0.25, -0.2) is 0 Å². The number of aromatic nitrogens is 1. The molecule has 3 aromatic rings. The zero-order valence-corrected chi connectivity index (χ0v) is 17.4. The SMILES string of the molecule is Cl.Cl.Clc1ccc2c(NCCOc3ccc(C4=NCCN4)cc3)ccnc2c1. The fourth-order valence-electron chi connectivity index (χ4n) is 2.93. The van der Waals surface area contributed by atoms with Gasteiger partial charge in [0.05, 0.1) is 12.1 Å². The molecule has 5 nitrogen and oxygen atoms in total. The van der Waals surface area contributed by atoms with Crippen LogP contribution < -0.4 is 15.4 Å². The number of aliphatic imine (C=N–C) groups is 1. The Morgan fingerprint density at radius 3 is 2.64 bits per heavy atom. The summed E-state index contributed by atoms with van der Waals surface area (Å²) < 4.78 is 5.82. The molecule has 1 aliphatic rings. The van der Waals surface area contributed by atoms with Crippen molar-refractivity contribution < 1.29 is 4.74 Å². The van der Waals surface area contributed by atoms with Crippen LogP contribution in [0.5, 0.6) is 5.75 Å². The average Bonchev–Trinajstić information content (AvgIpc) is 3.20. The van der Waals surface area contributed by atoms with Crippen molar-refractivity contribution >= 4 is 58.8 Å². The first-order valence-corrected chi connectivity index (χ1v) is 8.97. The summed E-state index contributed by atoms with van der Waals surface area (Å²) in [5.74, 6) is 1.81. The van der Waals surface area contributed by atoms with E-state index in [2.05, 4.69) is 20.6 Å². The molecule has 28 heavy (non-hydrogen) atoms. The third-order valence-corrected chi connectivity index (χ3v) is 4.43. The molecule has 2 aromatic carbocycles. The van der Waals surface area contributed by atoms with E-state index in [1.54, 1.807) is 6.20 Å². The van der Waals surface area contributed by atoms with Gasteiger partial charge in [0.25, 0.3) is 0 Å². The number of pyridine rings is 1. The minimum Gasteiger partial charge on any atom is -0.492 e. The quantitative estimate of drug-likeness (QED) is 0.552. The van der Waals surface area contributed by atoms with Gasteiger partial charge in [-0.2, -0.15) is 0 Å². The van der Waals surface area contributed by atoms with E-state index in [0.717, 1.165) is 46.8 Å². The van der Waals surface area contributed by atoms with Gasteiger partial charge in [0.2, 0.25) is 0 Å². The number of hydrogen-bond acceptors (Lipinski definition) is 5. The zero-order chi connectivity index (χ0) is 17.8. The van der Waals surface area contributed by atoms with Crippen molar-refractivity contribution in [2.24, 2.45) is 4.99 Å². The molecular weight excluding hydrogens is 419 g/mol. The summed E-state index contributed by atoms with van der Waals surface area (Å²) in [5, 5.41) is 8.40. The van der Waals surface area contributed by atoms with E-state index in [-0.39, 0.29) is 24.8 Å². The predicted molar refractivity (Wildman–Crippen MR) is 121 cm³/mol. The lowest BCUT2D eigenvalue weighted by Crippen LogP contribution is -2.19. The number of halogens is 3. The molecule has 0 bridgehead atoms. The van der Waals surface area contributed by atoms with E-state index in [0.29, 0.717) is 18.2 Å². The Bertz CT molecular complexity index is 948. The summed E-state index contributed by atoms with van der Waals surface area (Å²) >= 11 is 6.03. The van der Waals surface area contributed by atoms with Gasteiger partial charge >= 0.3 is 0 Å². The molecule has 0 unspecified atom stereocenters. The number of benzene rings is 2. The van der Waals surface area contributed by atoms with Gasteiger partial charge in [-0.05, 0) is 48.5 Å². The maximum atomic E-state index is 6.03. The van der Waals surface area contributed by atoms with Gasteiger partial charge < -0.3 is 15.4 Å². The highest BCUT2D eigenvalue weighted by Gasteiger charge is 2.07. The van der Waals surface area contributed by atoms with Crippen molar-refractivity contribution in [1.82, 2.24) is 10.3 Å². The van der Waals surface area contributed by atoms with Crippen molar-refractivity contribution in [3.63, 3.8) is 0 Å². The van der Waals surface area contributed by atoms with Gasteiger partial charge in [0.1, 0.15) is 18.2 Å². The standard InChI is InChI=1S/C20H19ClN4O.2ClH/c21-15-3-6-17-18(7-8-22-19(17)13-15)23-11-12-26-16-4-1-14(2-5-16)20-24-9-10-25-20;;/h1-8,13H,9-12H2,(H,22,23)(H,24,25);2*1H. The number of nitrogens with zero attached hydrogens (tertiary/aromatic N) is 2. The van der Waals surface area contributed by atoms with Crippen molar-refractivity contribution in [3.8, 4) is 5.75 Å². The van der Waals surface area contributed by atoms with Crippen LogP contribution in [0.1, 0.15) is 5.56 Å². The molecule has 8 heteroatoms. The highest BCUT2D eigenvalue weighted by atomic mass is 35.5. The topological polar surface area (TPSA) is 58.5 Å². The lowest BCUT2D eigenvalue weighted by molar-refractivity contribution is 0.333. The number of anilines is 1. The van der Waals surface area contributed by atoms with Crippen LogP contribution in [0.15, 0.2) is 59.7 Å². The normalized spacial score (nSPS) is 12.4. The summed E-state index contributed by atoms with van der Waals surface area (Å²) in [6, 6.07) is 15.7. The molecule has 1 aromatic heterocycles. The molecular formula is C20H21Cl3N4O. The Morgan fingerprint density at radius 2 is 1.89 bits per heavy atom. The lowest BCUT2D eigenvalue weighted by Gasteiger charge is -2.11. The molecule has 0 aliphatic carbocycles. The van der Waals surface area contributed by atoms with Gasteiger partial charge in [-0.15, -0.1) is 24.8 Å². The fourth-order valence-corrected chi connectivity index (χ4v) is 3.10. The van der Waals surface area contributed by atoms with Crippen LogP contribution in [0.4, 0.5) is 5.69 Å². The van der Waals surface area contributed by atoms with E-state index in [1.165, 1.54) is 0 Å². The molecule has 2 heterocycles. The number of ether oxygens (including phenoxy) is 1. The van der Waals surface area contributed by atoms with E-state index in [1.807, 2.05) is 48.5 Å². The second-order valence-electron chi connectivity index (χ2n) is 5.98. The first-order valence-electron chi connectivity index (χ1n) is 8.59. The molecule has 0 radical (unpaired) electrons. The highest BCUT2D eigenvalue weighted by molar-refractivity contribution is 6.31. The number of amidine groups is 1. The van der Waals surface area contributed by atoms with E-state index in [9.17, 15) is 0 Å². The molecule has 0 saturated carbocycles. The Hall–Kier alpha value is -2.21. The minimum absolute atomic E-state index is 0. The van der Waals surface area contributed by atoms with E-state index in [4.69, 9.17) is 16.3 Å². The Balaban J connectivity index is 0.00000140. The summed E-state index contributed by atoms with van der Waals surface area (Å²) in [4.78, 5) is 8.77. The second-order valence-corrected chi connectivity index (χ2v) is 6.41. The second kappa shape index (κ2) is 10.4. The van der Waals surface area contributed by atoms with Crippen LogP contribution in [0, 0.1) is 0 Å². The van der Waals surface area contributed by atoms with E-state index >= 15 is 0 Å². The molecule has 0 spiro atoms. The van der Waals surface area contributed by atoms with Crippen LogP contribution in [0.3, 0.4) is 0 Å². The van der Waals surface area contributed by atoms with Gasteiger partial charge in [-0.3, -0.25) is 9.98 Å². The van der Waals surface area contributed by atoms with Gasteiger partial charge in [0, 0.05) is 40.9 Å². The van der Waals surface area contributed by atoms with Gasteiger partial charge in [-0.1, -0.05) is 11.6 Å². The first kappa shape index (κ1) is 22.1. The third kappa shape index (κ3) is 5.19. The molecule has 0 saturated heterocycles. The zero-order valence-electron chi connectivity index (χ0n) is 15.0. The Labute approximate surface area is 181 Å². The monoisotopic (exact) mass is 438 g/mol. The summed E-state index contributed by atoms with van der Waals surface area (Å²) in [5.41, 5.74) is 2.99. The van der Waals surface area contributed by atoms with Crippen LogP contribution in [-0.2, 0) is 0 Å². The molecule has 0 atom stereocenters. The minimum atomic E-state index is 0. The smallest absolute Gasteiger partial charge is 0.128 e. The lowest BCUT2D eigenvalue weighted by atomic mass is 10.2. The maximum Gasteiger partial charge on any atom is 0.128 e. The first-order chi connectivity index (χ1) is 12.8. The van der Waals surface area contributed by atoms with Crippen LogP contribution >= 0.6 is 36.4 Å². The fraction of sp³-hybridized carbons (Fsp3) is 0.200. The largest absolute Gasteiger partial charge is 0.492 e. The summed E-state index contributed by atoms with van der Waals surface area (Å²) in [7, 11) is 0. The third-order valence-electron chi connectivity index (χ3n) is 4.19. The number of nitrogens with one attached hydrogen (secondary N) is 2. The summed E-state index contributed by atoms with van der Waals surface area (Å²) in [6.45, 7) is 3.01. The predicted octanol–water partition coefficient (Wildman–Crippen LogP) is 4.57. The number of rotatable bonds is 6. The molecule has 0 fully saturated rings. The molecule has 1 aliphatic heterocycles. The Kier molecular flexibility index (Phi) is 8.18. The van der Waals surface area contributed by atoms with Crippen molar-refractivity contribution in [3.05, 3.63) is 65.3 Å². The summed E-state index contributed by atoms with van der Waals surface area (Å²) in [6.07, 6.45) is 1.78. The number of fused-ring (bicyclic) bond motifs is 1. The number of hydrogen-bond donors (Lipinski definition) is 2. The Morgan fingerprint density at radius 1 is 1.07 bits per heavy atom. The molecule has 148 valence electrons. The van der Waals surface area contributed by atoms with Gasteiger partial charge in [0.15, 0.2) is 0 Å². The molecule has 4 rings (SSSR count). The van der Waals surface area contributed by atoms with Crippen LogP contribution in [0.2, 0.25) is 5.02 Å². The van der Waals surface area contributed by atoms with Crippen LogP contribution in [-0.4, -0.2) is 37.1 Å².